The summed E-state index contributed by atoms with van der Waals surface area (Å²) >= 11 is 0. The molecule has 0 amide bonds. The van der Waals surface area contributed by atoms with Crippen LogP contribution in [0.15, 0.2) is 0 Å². The summed E-state index contributed by atoms with van der Waals surface area (Å²) in [7, 11) is 0. The topological polar surface area (TPSA) is 13.0 Å². The molecule has 2 aliphatic rings. The second kappa shape index (κ2) is 11.5. The van der Waals surface area contributed by atoms with Crippen molar-refractivity contribution in [1.29, 1.82) is 0 Å². The Kier molecular flexibility index (Phi) is 9.75. The minimum atomic E-state index is 0.780. The molecule has 0 aliphatic carbocycles. The molecule has 0 N–H and O–H groups in total. The lowest BCUT2D eigenvalue weighted by molar-refractivity contribution is 0.0482. The van der Waals surface area contributed by atoms with Crippen LogP contribution >= 0.6 is 0 Å². The van der Waals surface area contributed by atoms with Gasteiger partial charge in [-0.1, -0.05) is 33.1 Å². The number of hydrogen-bond donors (Lipinski definition) is 0. The van der Waals surface area contributed by atoms with E-state index in [1.54, 1.807) is 0 Å². The van der Waals surface area contributed by atoms with Crippen LogP contribution < -0.4 is 0 Å². The lowest BCUT2D eigenvalue weighted by atomic mass is 10.1. The zero-order chi connectivity index (χ0) is 18.1. The molecule has 4 nitrogen and oxygen atoms in total. The molecule has 4 heteroatoms. The summed E-state index contributed by atoms with van der Waals surface area (Å²) < 4.78 is 0. The van der Waals surface area contributed by atoms with Crippen molar-refractivity contribution in [3.63, 3.8) is 0 Å². The highest BCUT2D eigenvalue weighted by Crippen LogP contribution is 2.16. The van der Waals surface area contributed by atoms with Crippen molar-refractivity contribution in [2.45, 2.75) is 84.7 Å². The van der Waals surface area contributed by atoms with Gasteiger partial charge in [0.2, 0.25) is 0 Å². The molecule has 0 aromatic rings. The maximum atomic E-state index is 2.66. The van der Waals surface area contributed by atoms with Gasteiger partial charge in [-0.2, -0.15) is 0 Å². The van der Waals surface area contributed by atoms with Crippen molar-refractivity contribution in [3.8, 4) is 0 Å². The second-order valence-corrected chi connectivity index (χ2v) is 8.37. The van der Waals surface area contributed by atoms with Gasteiger partial charge in [0, 0.05) is 25.2 Å². The molecule has 148 valence electrons. The highest BCUT2D eigenvalue weighted by Gasteiger charge is 2.22. The first-order chi connectivity index (χ1) is 12.1. The molecule has 2 rings (SSSR count). The molecule has 0 unspecified atom stereocenters. The third kappa shape index (κ3) is 7.16. The Hall–Kier alpha value is -0.160. The highest BCUT2D eigenvalue weighted by molar-refractivity contribution is 4.75. The first-order valence-electron chi connectivity index (χ1n) is 11.1. The second-order valence-electron chi connectivity index (χ2n) is 8.37. The number of rotatable bonds is 10. The molecule has 0 radical (unpaired) electrons. The number of nitrogens with zero attached hydrogens (tertiary/aromatic N) is 4. The average Bonchev–Trinajstić information content (AvgIpc) is 2.63. The van der Waals surface area contributed by atoms with Crippen molar-refractivity contribution in [2.75, 3.05) is 52.6 Å². The van der Waals surface area contributed by atoms with Gasteiger partial charge in [0.15, 0.2) is 0 Å². The molecule has 2 heterocycles. The Labute approximate surface area is 157 Å². The summed E-state index contributed by atoms with van der Waals surface area (Å²) in [6.45, 7) is 19.3. The van der Waals surface area contributed by atoms with Crippen LogP contribution in [-0.4, -0.2) is 84.3 Å². The zero-order valence-electron chi connectivity index (χ0n) is 17.6. The molecule has 0 aromatic heterocycles. The van der Waals surface area contributed by atoms with Gasteiger partial charge in [0.25, 0.3) is 0 Å². The monoisotopic (exact) mass is 352 g/mol. The van der Waals surface area contributed by atoms with Gasteiger partial charge in [-0.25, -0.2) is 0 Å². The van der Waals surface area contributed by atoms with Gasteiger partial charge in [-0.05, 0) is 65.7 Å². The smallest absolute Gasteiger partial charge is 0.0508 e. The van der Waals surface area contributed by atoms with E-state index in [1.165, 1.54) is 97.6 Å². The van der Waals surface area contributed by atoms with Crippen molar-refractivity contribution in [3.05, 3.63) is 0 Å². The van der Waals surface area contributed by atoms with Gasteiger partial charge < -0.3 is 0 Å². The van der Waals surface area contributed by atoms with E-state index < -0.39 is 0 Å². The Balaban J connectivity index is 1.46. The van der Waals surface area contributed by atoms with Crippen LogP contribution in [0.3, 0.4) is 0 Å². The van der Waals surface area contributed by atoms with Crippen LogP contribution in [0.4, 0.5) is 0 Å². The van der Waals surface area contributed by atoms with Crippen molar-refractivity contribution >= 4 is 0 Å². The minimum Gasteiger partial charge on any atom is -0.290 e. The summed E-state index contributed by atoms with van der Waals surface area (Å²) in [4.78, 5) is 10.6. The predicted molar refractivity (Wildman–Crippen MR) is 109 cm³/mol. The van der Waals surface area contributed by atoms with Crippen molar-refractivity contribution in [1.82, 2.24) is 19.6 Å². The summed E-state index contributed by atoms with van der Waals surface area (Å²) in [5.74, 6) is 0. The summed E-state index contributed by atoms with van der Waals surface area (Å²) in [5.41, 5.74) is 0. The molecular formula is C21H44N4. The molecule has 0 aromatic carbocycles. The number of hydrogen-bond acceptors (Lipinski definition) is 4. The van der Waals surface area contributed by atoms with Crippen LogP contribution in [0, 0.1) is 0 Å². The van der Waals surface area contributed by atoms with E-state index in [4.69, 9.17) is 0 Å². The molecular weight excluding hydrogens is 308 g/mol. The fraction of sp³-hybridized carbons (Fsp3) is 1.00. The fourth-order valence-electron chi connectivity index (χ4n) is 4.43. The van der Waals surface area contributed by atoms with Crippen LogP contribution in [0.2, 0.25) is 0 Å². The average molecular weight is 353 g/mol. The van der Waals surface area contributed by atoms with Gasteiger partial charge in [0.1, 0.15) is 0 Å². The van der Waals surface area contributed by atoms with E-state index in [9.17, 15) is 0 Å². The lowest BCUT2D eigenvalue weighted by Crippen LogP contribution is -2.49. The quantitative estimate of drug-likeness (QED) is 0.556. The van der Waals surface area contributed by atoms with E-state index in [0.29, 0.717) is 0 Å². The SMILES string of the molecule is CCN1CN(CCCCCCCN2CC[C@@H](C)N(CC)C2)CC[C@H]1C. The van der Waals surface area contributed by atoms with Crippen LogP contribution in [0.5, 0.6) is 0 Å². The predicted octanol–water partition coefficient (Wildman–Crippen LogP) is 3.68. The van der Waals surface area contributed by atoms with Crippen molar-refractivity contribution < 1.29 is 0 Å². The van der Waals surface area contributed by atoms with Gasteiger partial charge in [0.05, 0.1) is 13.3 Å². The van der Waals surface area contributed by atoms with E-state index in [2.05, 4.69) is 47.3 Å². The van der Waals surface area contributed by atoms with Gasteiger partial charge in [-0.3, -0.25) is 19.6 Å². The van der Waals surface area contributed by atoms with E-state index in [1.807, 2.05) is 0 Å². The van der Waals surface area contributed by atoms with Crippen LogP contribution in [-0.2, 0) is 0 Å². The lowest BCUT2D eigenvalue weighted by Gasteiger charge is -2.39. The van der Waals surface area contributed by atoms with Gasteiger partial charge >= 0.3 is 0 Å². The van der Waals surface area contributed by atoms with Crippen LogP contribution in [0.1, 0.15) is 72.6 Å². The summed E-state index contributed by atoms with van der Waals surface area (Å²) in [5, 5.41) is 0. The molecule has 0 spiro atoms. The molecule has 25 heavy (non-hydrogen) atoms. The standard InChI is InChI=1S/C21H44N4/c1-5-24-18-22(16-12-20(24)3)14-10-8-7-9-11-15-23-17-13-21(4)25(6-2)19-23/h20-21H,5-19H2,1-4H3/t20-,21-/m1/s1. The largest absolute Gasteiger partial charge is 0.290 e. The fourth-order valence-corrected chi connectivity index (χ4v) is 4.43. The summed E-state index contributed by atoms with van der Waals surface area (Å²) in [6.07, 6.45) is 9.71. The Morgan fingerprint density at radius 1 is 0.640 bits per heavy atom. The van der Waals surface area contributed by atoms with Crippen molar-refractivity contribution in [2.24, 2.45) is 0 Å². The van der Waals surface area contributed by atoms with E-state index in [-0.39, 0.29) is 0 Å². The first-order valence-corrected chi connectivity index (χ1v) is 11.1. The Morgan fingerprint density at radius 2 is 1.04 bits per heavy atom. The maximum Gasteiger partial charge on any atom is 0.0508 e. The molecule has 2 atom stereocenters. The Bertz CT molecular complexity index is 317. The molecule has 2 aliphatic heterocycles. The third-order valence-corrected chi connectivity index (χ3v) is 6.50. The van der Waals surface area contributed by atoms with E-state index >= 15 is 0 Å². The highest BCUT2D eigenvalue weighted by atomic mass is 15.3. The first kappa shape index (κ1) is 21.1. The minimum absolute atomic E-state index is 0.780. The van der Waals surface area contributed by atoms with Crippen LogP contribution in [0.25, 0.3) is 0 Å². The molecule has 2 fully saturated rings. The number of unbranched alkanes of at least 4 members (excludes halogenated alkanes) is 4. The van der Waals surface area contributed by atoms with E-state index in [0.717, 1.165) is 12.1 Å². The third-order valence-electron chi connectivity index (χ3n) is 6.50. The molecule has 2 saturated heterocycles. The summed E-state index contributed by atoms with van der Waals surface area (Å²) in [6, 6.07) is 1.56. The zero-order valence-corrected chi connectivity index (χ0v) is 17.6. The van der Waals surface area contributed by atoms with Gasteiger partial charge in [-0.15, -0.1) is 0 Å². The molecule has 0 bridgehead atoms. The Morgan fingerprint density at radius 3 is 1.44 bits per heavy atom. The molecule has 0 saturated carbocycles. The normalized spacial score (nSPS) is 27.8. The maximum absolute atomic E-state index is 2.66.